The van der Waals surface area contributed by atoms with Gasteiger partial charge < -0.3 is 24.6 Å². The Kier molecular flexibility index (Phi) is 3.84. The maximum Gasteiger partial charge on any atom is 0.263 e. The van der Waals surface area contributed by atoms with Crippen molar-refractivity contribution < 1.29 is 18.9 Å². The van der Waals surface area contributed by atoms with E-state index in [0.717, 1.165) is 0 Å². The van der Waals surface area contributed by atoms with Crippen molar-refractivity contribution in [3.8, 4) is 0 Å². The number of rotatable bonds is 2. The van der Waals surface area contributed by atoms with Gasteiger partial charge >= 0.3 is 0 Å². The lowest BCUT2D eigenvalue weighted by Gasteiger charge is -2.37. The first-order valence-corrected chi connectivity index (χ1v) is 9.87. The molecule has 0 aromatic carbocycles. The summed E-state index contributed by atoms with van der Waals surface area (Å²) >= 11 is 5.46. The number of ether oxygens (including phenoxy) is 1. The van der Waals surface area contributed by atoms with Crippen LogP contribution in [0.5, 0.6) is 0 Å². The summed E-state index contributed by atoms with van der Waals surface area (Å²) in [6.45, 7) is -2.33. The van der Waals surface area contributed by atoms with Crippen LogP contribution < -0.4 is 5.73 Å². The maximum atomic E-state index is 10.7. The van der Waals surface area contributed by atoms with Gasteiger partial charge in [0, 0.05) is 0 Å². The highest BCUT2D eigenvalue weighted by molar-refractivity contribution is 8.08. The zero-order valence-electron chi connectivity index (χ0n) is 13.0. The van der Waals surface area contributed by atoms with Gasteiger partial charge in [-0.3, -0.25) is 4.57 Å². The highest BCUT2D eigenvalue weighted by atomic mass is 32.5. The fourth-order valence-electron chi connectivity index (χ4n) is 2.83. The number of nitrogens with two attached hydrogens (primary N) is 1. The monoisotopic (exact) mass is 372 g/mol. The molecule has 0 amide bonds. The van der Waals surface area contributed by atoms with Crippen LogP contribution in [0.25, 0.3) is 11.2 Å². The Bertz CT molecular complexity index is 831. The van der Waals surface area contributed by atoms with Crippen molar-refractivity contribution in [3.05, 3.63) is 12.7 Å². The van der Waals surface area contributed by atoms with E-state index >= 15 is 0 Å². The van der Waals surface area contributed by atoms with Crippen molar-refractivity contribution in [1.29, 1.82) is 0 Å². The molecule has 5 atom stereocenters. The highest BCUT2D eigenvalue weighted by Crippen LogP contribution is 2.57. The Morgan fingerprint density at radius 1 is 1.42 bits per heavy atom. The molecule has 4 rings (SSSR count). The predicted octanol–water partition coefficient (Wildman–Crippen LogP) is -0.132. The van der Waals surface area contributed by atoms with Crippen LogP contribution in [0.15, 0.2) is 12.7 Å². The molecule has 2 aromatic rings. The SMILES string of the molecule is CN(C)P1(=S)OC[C@H]2O[C@@H](n3cnc4c(N)ncnc43)C(O)C2O1. The second kappa shape index (κ2) is 5.67. The lowest BCUT2D eigenvalue weighted by molar-refractivity contribution is -0.0569. The summed E-state index contributed by atoms with van der Waals surface area (Å²) in [5, 5.41) is 10.7. The maximum absolute atomic E-state index is 10.7. The molecule has 0 bridgehead atoms. The molecule has 24 heavy (non-hydrogen) atoms. The first-order valence-electron chi connectivity index (χ1n) is 7.28. The Morgan fingerprint density at radius 2 is 2.21 bits per heavy atom. The lowest BCUT2D eigenvalue weighted by Crippen LogP contribution is -2.41. The van der Waals surface area contributed by atoms with E-state index in [1.54, 1.807) is 23.3 Å². The molecule has 0 radical (unpaired) electrons. The smallest absolute Gasteiger partial charge is 0.263 e. The average Bonchev–Trinajstić information content (AvgIpc) is 3.10. The fraction of sp³-hybridized carbons (Fsp3) is 0.583. The van der Waals surface area contributed by atoms with Gasteiger partial charge in [0.25, 0.3) is 6.64 Å². The Balaban J connectivity index is 1.67. The molecule has 3 N–H and O–H groups in total. The number of aliphatic hydroxyl groups excluding tert-OH is 1. The van der Waals surface area contributed by atoms with Gasteiger partial charge in [0.1, 0.15) is 30.2 Å². The van der Waals surface area contributed by atoms with Gasteiger partial charge in [0.15, 0.2) is 17.7 Å². The van der Waals surface area contributed by atoms with Gasteiger partial charge in [-0.15, -0.1) is 0 Å². The molecular formula is C12H17N6O4PS. The van der Waals surface area contributed by atoms with Crippen LogP contribution in [-0.2, 0) is 25.6 Å². The molecule has 4 heterocycles. The zero-order chi connectivity index (χ0) is 17.1. The predicted molar refractivity (Wildman–Crippen MR) is 88.4 cm³/mol. The summed E-state index contributed by atoms with van der Waals surface area (Å²) in [6.07, 6.45) is 0.215. The molecule has 3 unspecified atom stereocenters. The third-order valence-corrected chi connectivity index (χ3v) is 7.64. The third-order valence-electron chi connectivity index (χ3n) is 4.12. The van der Waals surface area contributed by atoms with Gasteiger partial charge in [-0.1, -0.05) is 0 Å². The van der Waals surface area contributed by atoms with E-state index in [1.165, 1.54) is 12.7 Å². The summed E-state index contributed by atoms with van der Waals surface area (Å²) in [6, 6.07) is 0. The number of hydrogen-bond acceptors (Lipinski definition) is 9. The molecule has 2 aliphatic rings. The van der Waals surface area contributed by atoms with Crippen molar-refractivity contribution in [2.45, 2.75) is 24.5 Å². The minimum atomic E-state index is -2.60. The minimum absolute atomic E-state index is 0.261. The van der Waals surface area contributed by atoms with Crippen LogP contribution in [0.3, 0.4) is 0 Å². The normalized spacial score (nSPS) is 36.3. The molecule has 130 valence electrons. The summed E-state index contributed by atoms with van der Waals surface area (Å²) in [5.74, 6) is 0.270. The lowest BCUT2D eigenvalue weighted by atomic mass is 10.1. The number of fused-ring (bicyclic) bond motifs is 2. The second-order valence-electron chi connectivity index (χ2n) is 5.82. The van der Waals surface area contributed by atoms with Crippen LogP contribution in [-0.4, -0.2) is 68.3 Å². The van der Waals surface area contributed by atoms with Crippen molar-refractivity contribution >= 4 is 35.4 Å². The number of imidazole rings is 1. The van der Waals surface area contributed by atoms with Gasteiger partial charge in [0.2, 0.25) is 0 Å². The molecule has 2 aromatic heterocycles. The first kappa shape index (κ1) is 16.3. The average molecular weight is 372 g/mol. The second-order valence-corrected chi connectivity index (χ2v) is 9.41. The van der Waals surface area contributed by atoms with Crippen molar-refractivity contribution in [2.75, 3.05) is 26.4 Å². The third kappa shape index (κ3) is 2.36. The number of nitrogen functional groups attached to an aromatic ring is 1. The topological polar surface area (TPSA) is 121 Å². The van der Waals surface area contributed by atoms with Crippen molar-refractivity contribution in [2.24, 2.45) is 0 Å². The molecule has 0 saturated carbocycles. The summed E-state index contributed by atoms with van der Waals surface area (Å²) in [5.41, 5.74) is 6.74. The van der Waals surface area contributed by atoms with E-state index in [2.05, 4.69) is 15.0 Å². The Morgan fingerprint density at radius 3 is 2.96 bits per heavy atom. The van der Waals surface area contributed by atoms with Crippen LogP contribution >= 0.6 is 6.64 Å². The van der Waals surface area contributed by atoms with E-state index in [-0.39, 0.29) is 12.4 Å². The summed E-state index contributed by atoms with van der Waals surface area (Å²) in [7, 11) is 3.59. The van der Waals surface area contributed by atoms with E-state index < -0.39 is 31.2 Å². The van der Waals surface area contributed by atoms with Gasteiger partial charge in [-0.25, -0.2) is 19.6 Å². The molecule has 0 aliphatic carbocycles. The van der Waals surface area contributed by atoms with Gasteiger partial charge in [0.05, 0.1) is 12.9 Å². The fourth-order valence-corrected chi connectivity index (χ4v) is 4.70. The molecular weight excluding hydrogens is 355 g/mol. The molecule has 2 aliphatic heterocycles. The standard InChI is InChI=1S/C12H17N6O4PS/c1-17(2)23(24)20-3-6-9(22-23)8(19)12(21-6)18-5-16-7-10(13)14-4-15-11(7)18/h4-6,8-9,12,19H,3H2,1-2H3,(H2,13,14,15)/t6-,8?,9?,12-,23?/m1/s1. The molecule has 2 saturated heterocycles. The van der Waals surface area contributed by atoms with E-state index in [9.17, 15) is 5.11 Å². The number of anilines is 1. The van der Waals surface area contributed by atoms with E-state index in [1.807, 2.05) is 0 Å². The van der Waals surface area contributed by atoms with E-state index in [4.69, 9.17) is 31.3 Å². The Hall–Kier alpha value is -1.20. The van der Waals surface area contributed by atoms with Crippen LogP contribution in [0.4, 0.5) is 5.82 Å². The molecule has 12 heteroatoms. The van der Waals surface area contributed by atoms with Gasteiger partial charge in [-0.2, -0.15) is 0 Å². The first-order chi connectivity index (χ1) is 11.4. The number of aromatic nitrogens is 4. The van der Waals surface area contributed by atoms with Gasteiger partial charge in [-0.05, 0) is 25.9 Å². The number of aliphatic hydroxyl groups is 1. The zero-order valence-corrected chi connectivity index (χ0v) is 14.7. The summed E-state index contributed by atoms with van der Waals surface area (Å²) < 4.78 is 20.9. The quantitative estimate of drug-likeness (QED) is 0.690. The molecule has 0 spiro atoms. The van der Waals surface area contributed by atoms with Crippen LogP contribution in [0, 0.1) is 0 Å². The van der Waals surface area contributed by atoms with Crippen LogP contribution in [0.1, 0.15) is 6.23 Å². The highest BCUT2D eigenvalue weighted by Gasteiger charge is 2.52. The largest absolute Gasteiger partial charge is 0.386 e. The van der Waals surface area contributed by atoms with Crippen LogP contribution in [0.2, 0.25) is 0 Å². The number of hydrogen-bond donors (Lipinski definition) is 2. The van der Waals surface area contributed by atoms with E-state index in [0.29, 0.717) is 11.2 Å². The summed E-state index contributed by atoms with van der Waals surface area (Å²) in [4.78, 5) is 12.3. The van der Waals surface area contributed by atoms with Crippen molar-refractivity contribution in [1.82, 2.24) is 24.2 Å². The minimum Gasteiger partial charge on any atom is -0.386 e. The Labute approximate surface area is 142 Å². The number of nitrogens with zero attached hydrogens (tertiary/aromatic N) is 5. The van der Waals surface area contributed by atoms with Crippen molar-refractivity contribution in [3.63, 3.8) is 0 Å². The molecule has 10 nitrogen and oxygen atoms in total. The molecule has 2 fully saturated rings.